The lowest BCUT2D eigenvalue weighted by atomic mass is 10.2. The second kappa shape index (κ2) is 6.20. The highest BCUT2D eigenvalue weighted by molar-refractivity contribution is 7.98. The number of nitrogens with zero attached hydrogens (tertiary/aromatic N) is 2. The minimum Gasteiger partial charge on any atom is -0.397 e. The van der Waals surface area contributed by atoms with Crippen LogP contribution in [0.2, 0.25) is 5.02 Å². The Labute approximate surface area is 131 Å². The summed E-state index contributed by atoms with van der Waals surface area (Å²) in [5.74, 6) is 1.64. The lowest BCUT2D eigenvalue weighted by molar-refractivity contribution is 0.425. The third kappa shape index (κ3) is 3.20. The summed E-state index contributed by atoms with van der Waals surface area (Å²) >= 11 is 7.64. The Morgan fingerprint density at radius 1 is 1.10 bits per heavy atom. The molecular formula is C15H12ClN3OS. The Kier molecular flexibility index (Phi) is 4.13. The van der Waals surface area contributed by atoms with Crippen molar-refractivity contribution >= 4 is 29.1 Å². The summed E-state index contributed by atoms with van der Waals surface area (Å²) in [5.41, 5.74) is 7.03. The van der Waals surface area contributed by atoms with Gasteiger partial charge < -0.3 is 10.3 Å². The van der Waals surface area contributed by atoms with E-state index in [9.17, 15) is 0 Å². The van der Waals surface area contributed by atoms with Gasteiger partial charge in [0.25, 0.3) is 5.89 Å². The number of aromatic nitrogens is 2. The van der Waals surface area contributed by atoms with Gasteiger partial charge in [0.05, 0.1) is 22.0 Å². The maximum absolute atomic E-state index is 5.99. The largest absolute Gasteiger partial charge is 0.397 e. The average Bonchev–Trinajstić information content (AvgIpc) is 2.98. The topological polar surface area (TPSA) is 64.9 Å². The molecule has 0 saturated heterocycles. The van der Waals surface area contributed by atoms with Crippen LogP contribution in [0.25, 0.3) is 11.5 Å². The second-order valence-electron chi connectivity index (χ2n) is 4.32. The highest BCUT2D eigenvalue weighted by atomic mass is 35.5. The summed E-state index contributed by atoms with van der Waals surface area (Å²) in [6.07, 6.45) is 0. The van der Waals surface area contributed by atoms with E-state index >= 15 is 0 Å². The van der Waals surface area contributed by atoms with Crippen LogP contribution in [0.4, 0.5) is 5.69 Å². The van der Waals surface area contributed by atoms with E-state index in [1.54, 1.807) is 23.9 Å². The zero-order chi connectivity index (χ0) is 14.7. The summed E-state index contributed by atoms with van der Waals surface area (Å²) < 4.78 is 5.26. The van der Waals surface area contributed by atoms with Crippen LogP contribution in [0.5, 0.6) is 0 Å². The molecular weight excluding hydrogens is 306 g/mol. The van der Waals surface area contributed by atoms with E-state index in [4.69, 9.17) is 21.9 Å². The lowest BCUT2D eigenvalue weighted by Gasteiger charge is -2.01. The lowest BCUT2D eigenvalue weighted by Crippen LogP contribution is -1.91. The molecule has 0 bridgehead atoms. The molecule has 1 heterocycles. The summed E-state index contributed by atoms with van der Waals surface area (Å²) in [5, 5.41) is 4.45. The van der Waals surface area contributed by atoms with Gasteiger partial charge in [-0.25, -0.2) is 0 Å². The maximum Gasteiger partial charge on any atom is 0.260 e. The standard InChI is InChI=1S/C15H12ClN3OS/c16-12-8-4-7-11(14(12)17)15-18-13(19-20-15)9-21-10-5-2-1-3-6-10/h1-8H,9,17H2. The van der Waals surface area contributed by atoms with E-state index in [0.717, 1.165) is 4.90 Å². The van der Waals surface area contributed by atoms with Crippen molar-refractivity contribution in [2.24, 2.45) is 0 Å². The first-order valence-electron chi connectivity index (χ1n) is 6.29. The van der Waals surface area contributed by atoms with E-state index in [0.29, 0.717) is 33.7 Å². The van der Waals surface area contributed by atoms with Crippen molar-refractivity contribution in [3.63, 3.8) is 0 Å². The van der Waals surface area contributed by atoms with Crippen molar-refractivity contribution in [1.82, 2.24) is 10.1 Å². The fraction of sp³-hybridized carbons (Fsp3) is 0.0667. The molecule has 0 radical (unpaired) electrons. The number of nitrogen functional groups attached to an aromatic ring is 1. The zero-order valence-electron chi connectivity index (χ0n) is 11.0. The van der Waals surface area contributed by atoms with Gasteiger partial charge in [-0.1, -0.05) is 41.0 Å². The predicted octanol–water partition coefficient (Wildman–Crippen LogP) is 4.26. The average molecular weight is 318 g/mol. The van der Waals surface area contributed by atoms with Crippen LogP contribution >= 0.6 is 23.4 Å². The number of para-hydroxylation sites is 1. The minimum atomic E-state index is 0.388. The molecule has 3 aromatic rings. The Hall–Kier alpha value is -1.98. The van der Waals surface area contributed by atoms with Gasteiger partial charge in [-0.2, -0.15) is 4.98 Å². The smallest absolute Gasteiger partial charge is 0.260 e. The van der Waals surface area contributed by atoms with Gasteiger partial charge in [-0.3, -0.25) is 0 Å². The third-order valence-electron chi connectivity index (χ3n) is 2.86. The number of anilines is 1. The van der Waals surface area contributed by atoms with E-state index in [-0.39, 0.29) is 0 Å². The number of halogens is 1. The molecule has 106 valence electrons. The van der Waals surface area contributed by atoms with Crippen LogP contribution in [-0.4, -0.2) is 10.1 Å². The minimum absolute atomic E-state index is 0.388. The monoisotopic (exact) mass is 317 g/mol. The molecule has 2 N–H and O–H groups in total. The normalized spacial score (nSPS) is 10.7. The number of hydrogen-bond donors (Lipinski definition) is 1. The second-order valence-corrected chi connectivity index (χ2v) is 5.77. The van der Waals surface area contributed by atoms with Crippen molar-refractivity contribution in [3.05, 3.63) is 59.4 Å². The van der Waals surface area contributed by atoms with E-state index < -0.39 is 0 Å². The van der Waals surface area contributed by atoms with Gasteiger partial charge in [0.2, 0.25) is 0 Å². The molecule has 2 aromatic carbocycles. The molecule has 0 saturated carbocycles. The van der Waals surface area contributed by atoms with Gasteiger partial charge >= 0.3 is 0 Å². The van der Waals surface area contributed by atoms with E-state index in [1.807, 2.05) is 36.4 Å². The van der Waals surface area contributed by atoms with Gasteiger partial charge in [-0.15, -0.1) is 11.8 Å². The van der Waals surface area contributed by atoms with Crippen LogP contribution < -0.4 is 5.73 Å². The van der Waals surface area contributed by atoms with Gasteiger partial charge in [-0.05, 0) is 24.3 Å². The number of thioether (sulfide) groups is 1. The van der Waals surface area contributed by atoms with Crippen LogP contribution in [0.15, 0.2) is 57.9 Å². The first kappa shape index (κ1) is 14.0. The number of rotatable bonds is 4. The van der Waals surface area contributed by atoms with Crippen LogP contribution in [0, 0.1) is 0 Å². The van der Waals surface area contributed by atoms with Crippen LogP contribution in [0.3, 0.4) is 0 Å². The van der Waals surface area contributed by atoms with E-state index in [2.05, 4.69) is 10.1 Å². The summed E-state index contributed by atoms with van der Waals surface area (Å²) in [4.78, 5) is 5.52. The molecule has 6 heteroatoms. The molecule has 0 spiro atoms. The SMILES string of the molecule is Nc1c(Cl)cccc1-c1nc(CSc2ccccc2)no1. The van der Waals surface area contributed by atoms with Crippen LogP contribution in [0.1, 0.15) is 5.82 Å². The van der Waals surface area contributed by atoms with Crippen molar-refractivity contribution in [2.75, 3.05) is 5.73 Å². The van der Waals surface area contributed by atoms with E-state index in [1.165, 1.54) is 0 Å². The molecule has 3 rings (SSSR count). The van der Waals surface area contributed by atoms with Crippen molar-refractivity contribution in [1.29, 1.82) is 0 Å². The number of benzene rings is 2. The molecule has 0 aliphatic rings. The Balaban J connectivity index is 1.76. The molecule has 0 aliphatic carbocycles. The molecule has 0 aliphatic heterocycles. The summed E-state index contributed by atoms with van der Waals surface area (Å²) in [7, 11) is 0. The van der Waals surface area contributed by atoms with Crippen molar-refractivity contribution in [2.45, 2.75) is 10.6 Å². The Morgan fingerprint density at radius 3 is 2.71 bits per heavy atom. The number of nitrogens with two attached hydrogens (primary N) is 1. The van der Waals surface area contributed by atoms with Gasteiger partial charge in [0, 0.05) is 4.90 Å². The number of hydrogen-bond acceptors (Lipinski definition) is 5. The molecule has 0 atom stereocenters. The molecule has 21 heavy (non-hydrogen) atoms. The zero-order valence-corrected chi connectivity index (χ0v) is 12.6. The summed E-state index contributed by atoms with van der Waals surface area (Å²) in [6.45, 7) is 0. The quantitative estimate of drug-likeness (QED) is 0.575. The first-order chi connectivity index (χ1) is 10.2. The van der Waals surface area contributed by atoms with Gasteiger partial charge in [0.1, 0.15) is 0 Å². The highest BCUT2D eigenvalue weighted by Crippen LogP contribution is 2.31. The molecule has 4 nitrogen and oxygen atoms in total. The molecule has 1 aromatic heterocycles. The third-order valence-corrected chi connectivity index (χ3v) is 4.20. The molecule has 0 fully saturated rings. The fourth-order valence-electron chi connectivity index (χ4n) is 1.81. The molecule has 0 unspecified atom stereocenters. The van der Waals surface area contributed by atoms with Gasteiger partial charge in [0.15, 0.2) is 5.82 Å². The van der Waals surface area contributed by atoms with Crippen molar-refractivity contribution in [3.8, 4) is 11.5 Å². The Bertz CT molecular complexity index is 746. The Morgan fingerprint density at radius 2 is 1.90 bits per heavy atom. The predicted molar refractivity (Wildman–Crippen MR) is 85.2 cm³/mol. The summed E-state index contributed by atoms with van der Waals surface area (Å²) in [6, 6.07) is 15.4. The maximum atomic E-state index is 5.99. The highest BCUT2D eigenvalue weighted by Gasteiger charge is 2.13. The first-order valence-corrected chi connectivity index (χ1v) is 7.65. The molecule has 0 amide bonds. The van der Waals surface area contributed by atoms with Crippen molar-refractivity contribution < 1.29 is 4.52 Å². The fourth-order valence-corrected chi connectivity index (χ4v) is 2.75. The van der Waals surface area contributed by atoms with Crippen LogP contribution in [-0.2, 0) is 5.75 Å².